The summed E-state index contributed by atoms with van der Waals surface area (Å²) >= 11 is 0. The molecule has 0 amide bonds. The van der Waals surface area contributed by atoms with Crippen LogP contribution in [0.2, 0.25) is 0 Å². The second-order valence-electron chi connectivity index (χ2n) is 6.86. The normalized spacial score (nSPS) is 17.0. The van der Waals surface area contributed by atoms with Crippen LogP contribution in [0.15, 0.2) is 35.0 Å². The first-order valence-corrected chi connectivity index (χ1v) is 9.22. The van der Waals surface area contributed by atoms with Crippen LogP contribution in [0.1, 0.15) is 29.5 Å². The van der Waals surface area contributed by atoms with E-state index in [0.29, 0.717) is 17.5 Å². The van der Waals surface area contributed by atoms with Gasteiger partial charge in [0.25, 0.3) is 5.89 Å². The molecule has 2 aromatic heterocycles. The summed E-state index contributed by atoms with van der Waals surface area (Å²) in [6, 6.07) is 5.95. The summed E-state index contributed by atoms with van der Waals surface area (Å²) < 4.78 is 16.8. The molecule has 3 heterocycles. The maximum absolute atomic E-state index is 5.88. The number of methoxy groups -OCH3 is 2. The maximum atomic E-state index is 5.88. The van der Waals surface area contributed by atoms with Crippen molar-refractivity contribution >= 4 is 0 Å². The fraction of sp³-hybridized carbons (Fsp3) is 0.400. The van der Waals surface area contributed by atoms with Gasteiger partial charge in [-0.3, -0.25) is 9.88 Å². The predicted molar refractivity (Wildman–Crippen MR) is 102 cm³/mol. The molecule has 0 saturated carbocycles. The topological polar surface area (TPSA) is 86.4 Å². The van der Waals surface area contributed by atoms with Crippen molar-refractivity contribution in [3.63, 3.8) is 0 Å². The zero-order valence-electron chi connectivity index (χ0n) is 16.3. The third-order valence-corrected chi connectivity index (χ3v) is 4.94. The molecule has 0 unspecified atom stereocenters. The van der Waals surface area contributed by atoms with Crippen LogP contribution < -0.4 is 9.47 Å². The Hall–Kier alpha value is -3.00. The Labute approximate surface area is 163 Å². The van der Waals surface area contributed by atoms with Crippen molar-refractivity contribution in [1.82, 2.24) is 25.1 Å². The Morgan fingerprint density at radius 1 is 1.14 bits per heavy atom. The molecule has 146 valence electrons. The Morgan fingerprint density at radius 3 is 2.79 bits per heavy atom. The SMILES string of the molecule is COc1cccc(CN2CC[C@@H](c3nnc(-c4cnc(C)cn4)o3)C2)c1OC. The van der Waals surface area contributed by atoms with Gasteiger partial charge in [-0.05, 0) is 26.0 Å². The van der Waals surface area contributed by atoms with E-state index < -0.39 is 0 Å². The maximum Gasteiger partial charge on any atom is 0.267 e. The number of benzene rings is 1. The van der Waals surface area contributed by atoms with Gasteiger partial charge in [-0.25, -0.2) is 4.98 Å². The van der Waals surface area contributed by atoms with E-state index in [1.54, 1.807) is 26.6 Å². The first-order chi connectivity index (χ1) is 13.7. The fourth-order valence-electron chi connectivity index (χ4n) is 3.50. The molecule has 3 aromatic rings. The van der Waals surface area contributed by atoms with Crippen LogP contribution >= 0.6 is 0 Å². The highest BCUT2D eigenvalue weighted by molar-refractivity contribution is 5.46. The zero-order chi connectivity index (χ0) is 19.5. The minimum Gasteiger partial charge on any atom is -0.493 e. The van der Waals surface area contributed by atoms with E-state index in [1.165, 1.54) is 0 Å². The molecule has 0 spiro atoms. The number of hydrogen-bond acceptors (Lipinski definition) is 8. The van der Waals surface area contributed by atoms with Gasteiger partial charge in [-0.1, -0.05) is 12.1 Å². The van der Waals surface area contributed by atoms with Gasteiger partial charge in [0, 0.05) is 24.8 Å². The molecule has 1 fully saturated rings. The number of rotatable bonds is 6. The molecule has 1 saturated heterocycles. The first-order valence-electron chi connectivity index (χ1n) is 9.22. The quantitative estimate of drug-likeness (QED) is 0.644. The van der Waals surface area contributed by atoms with Crippen LogP contribution in [0, 0.1) is 6.92 Å². The minimum absolute atomic E-state index is 0.205. The average Bonchev–Trinajstić information content (AvgIpc) is 3.38. The van der Waals surface area contributed by atoms with E-state index >= 15 is 0 Å². The minimum atomic E-state index is 0.205. The second kappa shape index (κ2) is 7.93. The van der Waals surface area contributed by atoms with E-state index in [9.17, 15) is 0 Å². The Bertz CT molecular complexity index is 941. The van der Waals surface area contributed by atoms with Crippen molar-refractivity contribution in [2.24, 2.45) is 0 Å². The van der Waals surface area contributed by atoms with E-state index in [-0.39, 0.29) is 5.92 Å². The number of ether oxygens (including phenoxy) is 2. The van der Waals surface area contributed by atoms with Gasteiger partial charge in [0.1, 0.15) is 5.69 Å². The van der Waals surface area contributed by atoms with Gasteiger partial charge < -0.3 is 13.9 Å². The zero-order valence-corrected chi connectivity index (χ0v) is 16.3. The average molecular weight is 381 g/mol. The fourth-order valence-corrected chi connectivity index (χ4v) is 3.50. The van der Waals surface area contributed by atoms with Crippen LogP contribution in [0.4, 0.5) is 0 Å². The predicted octanol–water partition coefficient (Wildman–Crippen LogP) is 2.84. The smallest absolute Gasteiger partial charge is 0.267 e. The van der Waals surface area contributed by atoms with Gasteiger partial charge in [0.15, 0.2) is 11.5 Å². The molecule has 0 radical (unpaired) electrons. The standard InChI is InChI=1S/C20H23N5O3/c1-13-9-22-16(10-21-13)20-24-23-19(28-20)15-7-8-25(12-15)11-14-5-4-6-17(26-2)18(14)27-3/h4-6,9-10,15H,7-8,11-12H2,1-3H3/t15-/m1/s1. The number of aromatic nitrogens is 4. The Morgan fingerprint density at radius 2 is 2.04 bits per heavy atom. The van der Waals surface area contributed by atoms with Gasteiger partial charge in [-0.2, -0.15) is 0 Å². The number of para-hydroxylation sites is 1. The lowest BCUT2D eigenvalue weighted by atomic mass is 10.1. The van der Waals surface area contributed by atoms with E-state index in [4.69, 9.17) is 13.9 Å². The monoisotopic (exact) mass is 381 g/mol. The van der Waals surface area contributed by atoms with Crippen molar-refractivity contribution in [3.05, 3.63) is 47.7 Å². The van der Waals surface area contributed by atoms with Crippen LogP contribution in [0.3, 0.4) is 0 Å². The third-order valence-electron chi connectivity index (χ3n) is 4.94. The van der Waals surface area contributed by atoms with Gasteiger partial charge in [-0.15, -0.1) is 10.2 Å². The molecule has 0 aliphatic carbocycles. The van der Waals surface area contributed by atoms with E-state index in [0.717, 1.165) is 48.8 Å². The molecule has 8 heteroatoms. The number of hydrogen-bond donors (Lipinski definition) is 0. The highest BCUT2D eigenvalue weighted by Gasteiger charge is 2.29. The highest BCUT2D eigenvalue weighted by atomic mass is 16.5. The summed E-state index contributed by atoms with van der Waals surface area (Å²) in [4.78, 5) is 10.9. The molecule has 0 N–H and O–H groups in total. The van der Waals surface area contributed by atoms with Crippen LogP contribution in [0.5, 0.6) is 11.5 Å². The highest BCUT2D eigenvalue weighted by Crippen LogP contribution is 2.34. The summed E-state index contributed by atoms with van der Waals surface area (Å²) in [6.45, 7) is 4.47. The largest absolute Gasteiger partial charge is 0.493 e. The van der Waals surface area contributed by atoms with Crippen LogP contribution in [-0.2, 0) is 6.54 Å². The molecule has 1 atom stereocenters. The molecular weight excluding hydrogens is 358 g/mol. The molecular formula is C20H23N5O3. The van der Waals surface area contributed by atoms with Crippen molar-refractivity contribution in [1.29, 1.82) is 0 Å². The lowest BCUT2D eigenvalue weighted by molar-refractivity contribution is 0.305. The summed E-state index contributed by atoms with van der Waals surface area (Å²) in [5, 5.41) is 8.39. The molecule has 28 heavy (non-hydrogen) atoms. The van der Waals surface area contributed by atoms with Crippen LogP contribution in [0.25, 0.3) is 11.6 Å². The number of likely N-dealkylation sites (tertiary alicyclic amines) is 1. The van der Waals surface area contributed by atoms with E-state index in [1.807, 2.05) is 19.1 Å². The van der Waals surface area contributed by atoms with Crippen molar-refractivity contribution in [3.8, 4) is 23.1 Å². The van der Waals surface area contributed by atoms with Gasteiger partial charge in [0.2, 0.25) is 5.89 Å². The lowest BCUT2D eigenvalue weighted by Crippen LogP contribution is -2.20. The second-order valence-corrected chi connectivity index (χ2v) is 6.86. The summed E-state index contributed by atoms with van der Waals surface area (Å²) in [5.41, 5.74) is 2.55. The molecule has 1 aromatic carbocycles. The number of nitrogens with zero attached hydrogens (tertiary/aromatic N) is 5. The lowest BCUT2D eigenvalue weighted by Gasteiger charge is -2.18. The summed E-state index contributed by atoms with van der Waals surface area (Å²) in [6.07, 6.45) is 4.31. The first kappa shape index (κ1) is 18.4. The van der Waals surface area contributed by atoms with Crippen LogP contribution in [-0.4, -0.2) is 52.4 Å². The summed E-state index contributed by atoms with van der Waals surface area (Å²) in [7, 11) is 3.32. The van der Waals surface area contributed by atoms with Crippen molar-refractivity contribution in [2.75, 3.05) is 27.3 Å². The molecule has 1 aliphatic rings. The molecule has 0 bridgehead atoms. The van der Waals surface area contributed by atoms with Gasteiger partial charge in [0.05, 0.1) is 32.0 Å². The Kier molecular flexibility index (Phi) is 5.21. The van der Waals surface area contributed by atoms with Crippen molar-refractivity contribution < 1.29 is 13.9 Å². The molecule has 8 nitrogen and oxygen atoms in total. The number of aryl methyl sites for hydroxylation is 1. The third kappa shape index (κ3) is 3.68. The molecule has 1 aliphatic heterocycles. The van der Waals surface area contributed by atoms with Gasteiger partial charge >= 0.3 is 0 Å². The summed E-state index contributed by atoms with van der Waals surface area (Å²) in [5.74, 6) is 2.80. The van der Waals surface area contributed by atoms with E-state index in [2.05, 4.69) is 31.1 Å². The molecule has 4 rings (SSSR count). The van der Waals surface area contributed by atoms with Crippen molar-refractivity contribution in [2.45, 2.75) is 25.8 Å². The Balaban J connectivity index is 1.44.